The molecule has 144 valence electrons. The number of nitrogen functional groups attached to an aromatic ring is 1. The molecule has 0 spiro atoms. The number of allylic oxidation sites excluding steroid dienone is 1. The second-order valence-electron chi connectivity index (χ2n) is 6.07. The Morgan fingerprint density at radius 2 is 1.93 bits per heavy atom. The summed E-state index contributed by atoms with van der Waals surface area (Å²) in [5, 5.41) is 21.7. The second kappa shape index (κ2) is 11.0. The molecule has 0 aliphatic rings. The van der Waals surface area contributed by atoms with Crippen LogP contribution in [0.15, 0.2) is 60.7 Å². The Morgan fingerprint density at radius 1 is 1.19 bits per heavy atom. The van der Waals surface area contributed by atoms with Gasteiger partial charge >= 0.3 is 0 Å². The van der Waals surface area contributed by atoms with Crippen LogP contribution in [0.25, 0.3) is 0 Å². The van der Waals surface area contributed by atoms with Gasteiger partial charge in [0.1, 0.15) is 12.4 Å². The lowest BCUT2D eigenvalue weighted by Crippen LogP contribution is -2.09. The first-order chi connectivity index (χ1) is 13.1. The number of unbranched alkanes of at least 4 members (excludes halogenated alkanes) is 1. The van der Waals surface area contributed by atoms with E-state index in [0.29, 0.717) is 30.0 Å². The Balaban J connectivity index is 1.70. The van der Waals surface area contributed by atoms with Crippen molar-refractivity contribution < 1.29 is 19.7 Å². The van der Waals surface area contributed by atoms with Crippen LogP contribution in [0.5, 0.6) is 5.75 Å². The highest BCUT2D eigenvalue weighted by molar-refractivity contribution is 6.01. The molecule has 6 heteroatoms. The fourth-order valence-corrected chi connectivity index (χ4v) is 2.52. The highest BCUT2D eigenvalue weighted by Gasteiger charge is 2.07. The number of aliphatic hydroxyl groups is 2. The number of anilines is 2. The molecule has 0 aliphatic heterocycles. The van der Waals surface area contributed by atoms with Crippen molar-refractivity contribution in [3.8, 4) is 5.75 Å². The van der Waals surface area contributed by atoms with Gasteiger partial charge < -0.3 is 26.0 Å². The molecule has 0 aliphatic carbocycles. The summed E-state index contributed by atoms with van der Waals surface area (Å²) in [6.45, 7) is 0.216. The van der Waals surface area contributed by atoms with Crippen LogP contribution < -0.4 is 15.8 Å². The zero-order valence-electron chi connectivity index (χ0n) is 15.2. The summed E-state index contributed by atoms with van der Waals surface area (Å²) in [5.74, 6) is 0.430. The predicted octanol–water partition coefficient (Wildman–Crippen LogP) is 3.04. The second-order valence-corrected chi connectivity index (χ2v) is 6.07. The van der Waals surface area contributed by atoms with Crippen LogP contribution >= 0.6 is 0 Å². The van der Waals surface area contributed by atoms with E-state index in [1.54, 1.807) is 30.3 Å². The Morgan fingerprint density at radius 3 is 2.63 bits per heavy atom. The summed E-state index contributed by atoms with van der Waals surface area (Å²) >= 11 is 0. The maximum absolute atomic E-state index is 11.9. The summed E-state index contributed by atoms with van der Waals surface area (Å²) in [5.41, 5.74) is 7.71. The molecule has 0 saturated heterocycles. The van der Waals surface area contributed by atoms with Crippen LogP contribution in [0.1, 0.15) is 30.9 Å². The minimum absolute atomic E-state index is 0.0331. The molecule has 2 rings (SSSR count). The minimum atomic E-state index is -0.566. The van der Waals surface area contributed by atoms with E-state index in [9.17, 15) is 9.90 Å². The van der Waals surface area contributed by atoms with Gasteiger partial charge in [-0.2, -0.15) is 0 Å². The average molecular weight is 370 g/mol. The van der Waals surface area contributed by atoms with Gasteiger partial charge in [0.15, 0.2) is 0 Å². The summed E-state index contributed by atoms with van der Waals surface area (Å²) in [4.78, 5) is 11.9. The molecule has 2 aromatic rings. The predicted molar refractivity (Wildman–Crippen MR) is 106 cm³/mol. The topological polar surface area (TPSA) is 105 Å². The monoisotopic (exact) mass is 370 g/mol. The van der Waals surface area contributed by atoms with Crippen LogP contribution in [-0.2, 0) is 4.79 Å². The van der Waals surface area contributed by atoms with Gasteiger partial charge in [0, 0.05) is 0 Å². The number of para-hydroxylation sites is 2. The molecule has 1 atom stereocenters. The molecule has 0 saturated carbocycles. The molecule has 0 fully saturated rings. The molecular weight excluding hydrogens is 344 g/mol. The van der Waals surface area contributed by atoms with Gasteiger partial charge in [-0.25, -0.2) is 0 Å². The molecular formula is C21H26N2O4. The maximum Gasteiger partial charge on any atom is 0.248 e. The molecule has 5 N–H and O–H groups in total. The standard InChI is InChI=1S/C21H26N2O4/c22-18-6-4-5-7-19(18)23-21(26)9-3-1-2-8-20(25)16-10-12-17(13-11-16)27-15-14-24/h3-7,9-13,20,24-25H,1-2,8,14-15,22H2,(H,23,26)/b9-3+/t20-/m1/s1. The molecule has 0 unspecified atom stereocenters. The number of hydrogen-bond acceptors (Lipinski definition) is 5. The molecule has 0 aromatic heterocycles. The Bertz CT molecular complexity index is 744. The van der Waals surface area contributed by atoms with E-state index in [4.69, 9.17) is 15.6 Å². The first-order valence-electron chi connectivity index (χ1n) is 8.94. The van der Waals surface area contributed by atoms with E-state index in [1.807, 2.05) is 24.3 Å². The summed E-state index contributed by atoms with van der Waals surface area (Å²) < 4.78 is 5.29. The van der Waals surface area contributed by atoms with Crippen molar-refractivity contribution in [2.24, 2.45) is 0 Å². The normalized spacial score (nSPS) is 12.1. The summed E-state index contributed by atoms with van der Waals surface area (Å²) in [7, 11) is 0. The third kappa shape index (κ3) is 7.13. The van der Waals surface area contributed by atoms with Crippen molar-refractivity contribution in [3.63, 3.8) is 0 Å². The van der Waals surface area contributed by atoms with E-state index in [2.05, 4.69) is 5.32 Å². The Labute approximate surface area is 159 Å². The fraction of sp³-hybridized carbons (Fsp3) is 0.286. The average Bonchev–Trinajstić information content (AvgIpc) is 2.68. The van der Waals surface area contributed by atoms with Crippen LogP contribution in [0, 0.1) is 0 Å². The molecule has 2 aromatic carbocycles. The van der Waals surface area contributed by atoms with Gasteiger partial charge in [-0.05, 0) is 55.2 Å². The number of hydrogen-bond donors (Lipinski definition) is 4. The van der Waals surface area contributed by atoms with Crippen molar-refractivity contribution in [3.05, 3.63) is 66.2 Å². The number of amides is 1. The quantitative estimate of drug-likeness (QED) is 0.292. The molecule has 1 amide bonds. The Kier molecular flexibility index (Phi) is 8.35. The van der Waals surface area contributed by atoms with E-state index >= 15 is 0 Å². The minimum Gasteiger partial charge on any atom is -0.491 e. The van der Waals surface area contributed by atoms with Crippen LogP contribution in [0.2, 0.25) is 0 Å². The number of nitrogens with one attached hydrogen (secondary N) is 1. The van der Waals surface area contributed by atoms with Crippen molar-refractivity contribution >= 4 is 17.3 Å². The highest BCUT2D eigenvalue weighted by Crippen LogP contribution is 2.22. The number of carbonyl (C=O) groups is 1. The van der Waals surface area contributed by atoms with Gasteiger partial charge in [0.05, 0.1) is 24.1 Å². The lowest BCUT2D eigenvalue weighted by molar-refractivity contribution is -0.111. The van der Waals surface area contributed by atoms with E-state index in [-0.39, 0.29) is 19.1 Å². The van der Waals surface area contributed by atoms with Gasteiger partial charge in [0.2, 0.25) is 5.91 Å². The van der Waals surface area contributed by atoms with Crippen LogP contribution in [-0.4, -0.2) is 29.3 Å². The zero-order valence-corrected chi connectivity index (χ0v) is 15.2. The van der Waals surface area contributed by atoms with Gasteiger partial charge in [-0.15, -0.1) is 0 Å². The van der Waals surface area contributed by atoms with Crippen molar-refractivity contribution in [2.75, 3.05) is 24.3 Å². The van der Waals surface area contributed by atoms with E-state index < -0.39 is 6.10 Å². The van der Waals surface area contributed by atoms with Crippen LogP contribution in [0.4, 0.5) is 11.4 Å². The number of ether oxygens (including phenoxy) is 1. The molecule has 0 bridgehead atoms. The number of rotatable bonds is 10. The summed E-state index contributed by atoms with van der Waals surface area (Å²) in [6.07, 6.45) is 4.73. The van der Waals surface area contributed by atoms with Gasteiger partial charge in [-0.3, -0.25) is 4.79 Å². The third-order valence-electron chi connectivity index (χ3n) is 3.96. The number of aliphatic hydroxyl groups excluding tert-OH is 2. The molecule has 0 heterocycles. The van der Waals surface area contributed by atoms with E-state index in [1.165, 1.54) is 6.08 Å². The molecule has 0 radical (unpaired) electrons. The smallest absolute Gasteiger partial charge is 0.248 e. The maximum atomic E-state index is 11.9. The number of nitrogens with two attached hydrogens (primary N) is 1. The van der Waals surface area contributed by atoms with Crippen molar-refractivity contribution in [2.45, 2.75) is 25.4 Å². The largest absolute Gasteiger partial charge is 0.491 e. The lowest BCUT2D eigenvalue weighted by atomic mass is 10.0. The third-order valence-corrected chi connectivity index (χ3v) is 3.96. The fourth-order valence-electron chi connectivity index (χ4n) is 2.52. The zero-order chi connectivity index (χ0) is 19.5. The molecule has 6 nitrogen and oxygen atoms in total. The summed E-state index contributed by atoms with van der Waals surface area (Å²) in [6, 6.07) is 14.3. The van der Waals surface area contributed by atoms with Crippen molar-refractivity contribution in [1.29, 1.82) is 0 Å². The van der Waals surface area contributed by atoms with Crippen LogP contribution in [0.3, 0.4) is 0 Å². The van der Waals surface area contributed by atoms with Gasteiger partial charge in [-0.1, -0.05) is 30.3 Å². The number of benzene rings is 2. The number of carbonyl (C=O) groups excluding carboxylic acids is 1. The van der Waals surface area contributed by atoms with Gasteiger partial charge in [0.25, 0.3) is 0 Å². The van der Waals surface area contributed by atoms with Crippen molar-refractivity contribution in [1.82, 2.24) is 0 Å². The highest BCUT2D eigenvalue weighted by atomic mass is 16.5. The first kappa shape index (κ1) is 20.5. The lowest BCUT2D eigenvalue weighted by Gasteiger charge is -2.11. The first-order valence-corrected chi connectivity index (χ1v) is 8.94. The SMILES string of the molecule is Nc1ccccc1NC(=O)/C=C/CCC[C@@H](O)c1ccc(OCCO)cc1. The van der Waals surface area contributed by atoms with E-state index in [0.717, 1.165) is 12.0 Å². The Hall–Kier alpha value is -2.83. The molecule has 27 heavy (non-hydrogen) atoms.